The second-order valence-electron chi connectivity index (χ2n) is 5.46. The maximum atomic E-state index is 11.6. The van der Waals surface area contributed by atoms with Crippen LogP contribution < -0.4 is 4.74 Å². The molecular weight excluding hydrogens is 300 g/mol. The molecule has 0 heterocycles. The van der Waals surface area contributed by atoms with Crippen molar-refractivity contribution in [1.82, 2.24) is 0 Å². The highest BCUT2D eigenvalue weighted by Crippen LogP contribution is 2.21. The normalized spacial score (nSPS) is 11.5. The van der Waals surface area contributed by atoms with E-state index in [1.165, 1.54) is 0 Å². The summed E-state index contributed by atoms with van der Waals surface area (Å²) in [4.78, 5) is 23.1. The molecular formula is C15H21N2O4Si. The maximum Gasteiger partial charge on any atom is 0.458 e. The molecule has 0 unspecified atom stereocenters. The third-order valence-corrected chi connectivity index (χ3v) is 5.44. The standard InChI is InChI=1S/C15H21N2O4Si/c1-10(2)22(11(3)4)21-15(19)17-16-14(18)20-13-8-6-7-12(5)9-13/h6-11H,1-5H3. The largest absolute Gasteiger partial charge is 0.499 e. The van der Waals surface area contributed by atoms with Crippen LogP contribution in [-0.4, -0.2) is 21.2 Å². The van der Waals surface area contributed by atoms with Crippen molar-refractivity contribution in [3.05, 3.63) is 29.8 Å². The third kappa shape index (κ3) is 6.17. The van der Waals surface area contributed by atoms with Crippen molar-refractivity contribution in [2.45, 2.75) is 45.7 Å². The van der Waals surface area contributed by atoms with Gasteiger partial charge in [-0.3, -0.25) is 0 Å². The minimum atomic E-state index is -1.34. The number of rotatable bonds is 4. The number of azo groups is 1. The van der Waals surface area contributed by atoms with Gasteiger partial charge in [0.1, 0.15) is 5.75 Å². The van der Waals surface area contributed by atoms with Gasteiger partial charge in [0.05, 0.1) is 0 Å². The molecule has 0 bridgehead atoms. The van der Waals surface area contributed by atoms with E-state index in [1.54, 1.807) is 18.2 Å². The van der Waals surface area contributed by atoms with E-state index in [0.29, 0.717) is 5.75 Å². The van der Waals surface area contributed by atoms with E-state index < -0.39 is 21.2 Å². The van der Waals surface area contributed by atoms with Crippen LogP contribution in [0.4, 0.5) is 9.59 Å². The number of carbonyl (C=O) groups is 2. The summed E-state index contributed by atoms with van der Waals surface area (Å²) in [7, 11) is -1.34. The Kier molecular flexibility index (Phi) is 6.91. The van der Waals surface area contributed by atoms with Crippen LogP contribution in [-0.2, 0) is 4.43 Å². The summed E-state index contributed by atoms with van der Waals surface area (Å²) < 4.78 is 10.2. The van der Waals surface area contributed by atoms with Crippen LogP contribution in [0.3, 0.4) is 0 Å². The molecule has 0 fully saturated rings. The predicted octanol–water partition coefficient (Wildman–Crippen LogP) is 4.89. The van der Waals surface area contributed by atoms with Crippen molar-refractivity contribution in [2.24, 2.45) is 10.2 Å². The first-order chi connectivity index (χ1) is 10.3. The predicted molar refractivity (Wildman–Crippen MR) is 84.5 cm³/mol. The minimum Gasteiger partial charge on any atom is -0.499 e. The van der Waals surface area contributed by atoms with Crippen molar-refractivity contribution < 1.29 is 18.8 Å². The number of aryl methyl sites for hydroxylation is 1. The first kappa shape index (κ1) is 18.0. The maximum absolute atomic E-state index is 11.6. The average Bonchev–Trinajstić information content (AvgIpc) is 2.42. The molecule has 0 aliphatic heterocycles. The van der Waals surface area contributed by atoms with E-state index in [0.717, 1.165) is 5.56 Å². The smallest absolute Gasteiger partial charge is 0.458 e. The highest BCUT2D eigenvalue weighted by molar-refractivity contribution is 6.56. The summed E-state index contributed by atoms with van der Waals surface area (Å²) in [5.74, 6) is 0.353. The number of nitrogens with zero attached hydrogens (tertiary/aromatic N) is 2. The van der Waals surface area contributed by atoms with Gasteiger partial charge < -0.3 is 9.16 Å². The summed E-state index contributed by atoms with van der Waals surface area (Å²) in [6.45, 7) is 9.84. The molecule has 0 aliphatic carbocycles. The van der Waals surface area contributed by atoms with Gasteiger partial charge in [0.25, 0.3) is 9.04 Å². The molecule has 6 nitrogen and oxygen atoms in total. The van der Waals surface area contributed by atoms with Crippen molar-refractivity contribution >= 4 is 21.2 Å². The van der Waals surface area contributed by atoms with E-state index in [2.05, 4.69) is 10.2 Å². The summed E-state index contributed by atoms with van der Waals surface area (Å²) in [6, 6.07) is 6.93. The molecule has 1 radical (unpaired) electrons. The van der Waals surface area contributed by atoms with Gasteiger partial charge in [0.2, 0.25) is 0 Å². The zero-order chi connectivity index (χ0) is 16.7. The Labute approximate surface area is 132 Å². The monoisotopic (exact) mass is 321 g/mol. The highest BCUT2D eigenvalue weighted by atomic mass is 28.3. The van der Waals surface area contributed by atoms with Crippen LogP contribution >= 0.6 is 0 Å². The summed E-state index contributed by atoms with van der Waals surface area (Å²) >= 11 is 0. The lowest BCUT2D eigenvalue weighted by Crippen LogP contribution is -2.27. The third-order valence-electron chi connectivity index (χ3n) is 2.75. The molecule has 7 heteroatoms. The lowest BCUT2D eigenvalue weighted by Gasteiger charge is -2.19. The molecule has 119 valence electrons. The van der Waals surface area contributed by atoms with Gasteiger partial charge >= 0.3 is 12.2 Å². The molecule has 2 amide bonds. The van der Waals surface area contributed by atoms with E-state index in [-0.39, 0.29) is 11.1 Å². The van der Waals surface area contributed by atoms with Gasteiger partial charge in [-0.2, -0.15) is 0 Å². The first-order valence-corrected chi connectivity index (χ1v) is 8.64. The summed E-state index contributed by atoms with van der Waals surface area (Å²) in [6.07, 6.45) is -1.80. The Morgan fingerprint density at radius 1 is 1.05 bits per heavy atom. The second-order valence-corrected chi connectivity index (χ2v) is 8.78. The van der Waals surface area contributed by atoms with Crippen LogP contribution in [0.15, 0.2) is 34.5 Å². The number of amides is 2. The molecule has 22 heavy (non-hydrogen) atoms. The number of ether oxygens (including phenoxy) is 1. The zero-order valence-electron chi connectivity index (χ0n) is 13.5. The van der Waals surface area contributed by atoms with E-state index >= 15 is 0 Å². The van der Waals surface area contributed by atoms with E-state index in [4.69, 9.17) is 9.16 Å². The van der Waals surface area contributed by atoms with Gasteiger partial charge in [-0.1, -0.05) is 50.1 Å². The SMILES string of the molecule is Cc1cccc(OC(=O)N=NC(=O)O[Si](C(C)C)C(C)C)c1. The molecule has 0 spiro atoms. The van der Waals surface area contributed by atoms with Crippen molar-refractivity contribution in [2.75, 3.05) is 0 Å². The molecule has 0 saturated heterocycles. The fourth-order valence-corrected chi connectivity index (χ4v) is 3.95. The molecule has 1 aromatic carbocycles. The van der Waals surface area contributed by atoms with Gasteiger partial charge in [0.15, 0.2) is 0 Å². The van der Waals surface area contributed by atoms with Crippen LogP contribution in [0.25, 0.3) is 0 Å². The Hall–Kier alpha value is -2.02. The van der Waals surface area contributed by atoms with Crippen molar-refractivity contribution in [3.8, 4) is 5.75 Å². The van der Waals surface area contributed by atoms with Crippen molar-refractivity contribution in [3.63, 3.8) is 0 Å². The molecule has 0 aromatic heterocycles. The fraction of sp³-hybridized carbons (Fsp3) is 0.467. The Balaban J connectivity index is 2.56. The minimum absolute atomic E-state index is 0.253. The fourth-order valence-electron chi connectivity index (χ4n) is 1.91. The number of benzene rings is 1. The summed E-state index contributed by atoms with van der Waals surface area (Å²) in [5, 5.41) is 6.49. The summed E-state index contributed by atoms with van der Waals surface area (Å²) in [5.41, 5.74) is 1.45. The van der Waals surface area contributed by atoms with Gasteiger partial charge in [-0.05, 0) is 35.7 Å². The Morgan fingerprint density at radius 3 is 2.18 bits per heavy atom. The molecule has 0 atom stereocenters. The van der Waals surface area contributed by atoms with Crippen LogP contribution in [0, 0.1) is 6.92 Å². The van der Waals surface area contributed by atoms with Gasteiger partial charge in [0, 0.05) is 0 Å². The molecule has 0 saturated carbocycles. The average molecular weight is 321 g/mol. The molecule has 1 rings (SSSR count). The van der Waals surface area contributed by atoms with Crippen LogP contribution in [0.5, 0.6) is 5.75 Å². The molecule has 0 aliphatic rings. The quantitative estimate of drug-likeness (QED) is 0.584. The van der Waals surface area contributed by atoms with Crippen molar-refractivity contribution in [1.29, 1.82) is 0 Å². The Morgan fingerprint density at radius 2 is 1.64 bits per heavy atom. The lowest BCUT2D eigenvalue weighted by atomic mass is 10.2. The first-order valence-electron chi connectivity index (χ1n) is 7.08. The lowest BCUT2D eigenvalue weighted by molar-refractivity contribution is 0.199. The van der Waals surface area contributed by atoms with E-state index in [1.807, 2.05) is 40.7 Å². The molecule has 1 aromatic rings. The number of carbonyl (C=O) groups excluding carboxylic acids is 2. The zero-order valence-corrected chi connectivity index (χ0v) is 14.5. The Bertz CT molecular complexity index is 550. The van der Waals surface area contributed by atoms with Crippen LogP contribution in [0.2, 0.25) is 11.1 Å². The topological polar surface area (TPSA) is 77.3 Å². The van der Waals surface area contributed by atoms with Gasteiger partial charge in [-0.15, -0.1) is 0 Å². The van der Waals surface area contributed by atoms with E-state index in [9.17, 15) is 9.59 Å². The molecule has 0 N–H and O–H groups in total. The van der Waals surface area contributed by atoms with Crippen LogP contribution in [0.1, 0.15) is 33.3 Å². The van der Waals surface area contributed by atoms with Gasteiger partial charge in [-0.25, -0.2) is 9.59 Å². The highest BCUT2D eigenvalue weighted by Gasteiger charge is 2.26. The number of hydrogen-bond acceptors (Lipinski definition) is 4. The second kappa shape index (κ2) is 8.43. The number of hydrogen-bond donors (Lipinski definition) is 0.